The minimum absolute atomic E-state index is 0.0683. The van der Waals surface area contributed by atoms with Gasteiger partial charge in [-0.15, -0.1) is 0 Å². The van der Waals surface area contributed by atoms with E-state index in [-0.39, 0.29) is 18.4 Å². The maximum Gasteiger partial charge on any atom is 0.245 e. The topological polar surface area (TPSA) is 156 Å². The van der Waals surface area contributed by atoms with Crippen molar-refractivity contribution < 1.29 is 43.5 Å². The van der Waals surface area contributed by atoms with Crippen molar-refractivity contribution >= 4 is 17.6 Å². The summed E-state index contributed by atoms with van der Waals surface area (Å²) in [5.74, 6) is -0.390. The van der Waals surface area contributed by atoms with Gasteiger partial charge in [0.1, 0.15) is 6.04 Å². The van der Waals surface area contributed by atoms with E-state index in [2.05, 4.69) is 10.6 Å². The van der Waals surface area contributed by atoms with Gasteiger partial charge in [-0.25, -0.2) is 0 Å². The first kappa shape index (κ1) is 28.7. The molecule has 3 rings (SSSR count). The van der Waals surface area contributed by atoms with E-state index >= 15 is 0 Å². The highest BCUT2D eigenvalue weighted by Gasteiger charge is 2.54. The number of methoxy groups -OCH3 is 3. The number of benzene rings is 1. The lowest BCUT2D eigenvalue weighted by Crippen LogP contribution is -2.56. The van der Waals surface area contributed by atoms with Gasteiger partial charge in [-0.05, 0) is 43.2 Å². The molecule has 0 aromatic heterocycles. The molecule has 11 nitrogen and oxygen atoms in total. The second kappa shape index (κ2) is 12.1. The van der Waals surface area contributed by atoms with Crippen molar-refractivity contribution in [3.05, 3.63) is 17.2 Å². The number of Topliss-reactive ketones (excluding diaryl/α,β-unsaturated/α-hetero) is 1. The van der Waals surface area contributed by atoms with Crippen molar-refractivity contribution in [2.45, 2.75) is 57.2 Å². The third kappa shape index (κ3) is 6.16. The molecule has 0 spiro atoms. The second-order valence-electron chi connectivity index (χ2n) is 9.96. The second-order valence-corrected chi connectivity index (χ2v) is 9.96. The lowest BCUT2D eigenvalue weighted by atomic mass is 9.82. The Morgan fingerprint density at radius 1 is 1.08 bits per heavy atom. The largest absolute Gasteiger partial charge is 0.493 e. The van der Waals surface area contributed by atoms with Crippen LogP contribution in [-0.2, 0) is 32.0 Å². The van der Waals surface area contributed by atoms with Crippen molar-refractivity contribution in [3.63, 3.8) is 0 Å². The van der Waals surface area contributed by atoms with Crippen LogP contribution in [0.15, 0.2) is 6.07 Å². The number of nitrogens with one attached hydrogen (secondary N) is 2. The Morgan fingerprint density at radius 2 is 1.76 bits per heavy atom. The van der Waals surface area contributed by atoms with E-state index in [1.54, 1.807) is 7.11 Å². The number of ketones is 1. The molecule has 4 N–H and O–H groups in total. The Bertz CT molecular complexity index is 1010. The fraction of sp³-hybridized carbons (Fsp3) is 0.654. The number of carbonyl (C=O) groups excluding carboxylic acids is 3. The highest BCUT2D eigenvalue weighted by Crippen LogP contribution is 2.45. The van der Waals surface area contributed by atoms with Gasteiger partial charge in [0, 0.05) is 11.5 Å². The number of epoxide rings is 1. The van der Waals surface area contributed by atoms with E-state index in [9.17, 15) is 24.6 Å². The van der Waals surface area contributed by atoms with Crippen molar-refractivity contribution in [1.29, 1.82) is 0 Å². The van der Waals surface area contributed by atoms with Crippen LogP contribution < -0.4 is 24.8 Å². The molecule has 2 aliphatic rings. The summed E-state index contributed by atoms with van der Waals surface area (Å²) in [6.45, 7) is 2.78. The Hall–Kier alpha value is -2.89. The molecule has 0 unspecified atom stereocenters. The Balaban J connectivity index is 1.71. The van der Waals surface area contributed by atoms with Crippen LogP contribution in [0.1, 0.15) is 37.8 Å². The number of amides is 2. The van der Waals surface area contributed by atoms with Gasteiger partial charge in [0.25, 0.3) is 0 Å². The van der Waals surface area contributed by atoms with Crippen LogP contribution in [0.25, 0.3) is 0 Å². The normalized spacial score (nSPS) is 21.9. The average Bonchev–Trinajstić information content (AvgIpc) is 3.70. The molecule has 1 aliphatic heterocycles. The van der Waals surface area contributed by atoms with E-state index in [0.29, 0.717) is 42.9 Å². The number of rotatable bonds is 13. The summed E-state index contributed by atoms with van der Waals surface area (Å²) in [5, 5.41) is 24.7. The lowest BCUT2D eigenvalue weighted by Gasteiger charge is -2.29. The number of aryl methyl sites for hydroxylation is 1. The molecule has 1 aromatic rings. The van der Waals surface area contributed by atoms with Gasteiger partial charge in [-0.2, -0.15) is 0 Å². The number of fused-ring (bicyclic) bond motifs is 1. The minimum atomic E-state index is -1.29. The highest BCUT2D eigenvalue weighted by atomic mass is 16.6. The summed E-state index contributed by atoms with van der Waals surface area (Å²) in [6, 6.07) is -0.279. The van der Waals surface area contributed by atoms with Gasteiger partial charge in [0.05, 0.1) is 47.2 Å². The third-order valence-corrected chi connectivity index (χ3v) is 6.96. The van der Waals surface area contributed by atoms with Crippen LogP contribution >= 0.6 is 0 Å². The van der Waals surface area contributed by atoms with Gasteiger partial charge >= 0.3 is 0 Å². The molecule has 2 amide bonds. The van der Waals surface area contributed by atoms with Crippen molar-refractivity contribution in [2.75, 3.05) is 41.2 Å². The van der Waals surface area contributed by atoms with Gasteiger partial charge < -0.3 is 39.8 Å². The smallest absolute Gasteiger partial charge is 0.245 e. The first-order valence-electron chi connectivity index (χ1n) is 12.5. The fourth-order valence-corrected chi connectivity index (χ4v) is 4.79. The van der Waals surface area contributed by atoms with Gasteiger partial charge in [0.15, 0.2) is 22.9 Å². The molecule has 1 aromatic carbocycles. The van der Waals surface area contributed by atoms with E-state index in [1.807, 2.05) is 19.9 Å². The molecular formula is C26H38N2O9. The van der Waals surface area contributed by atoms with Gasteiger partial charge in [-0.3, -0.25) is 14.4 Å². The number of carbonyl (C=O) groups is 3. The van der Waals surface area contributed by atoms with E-state index < -0.39 is 48.5 Å². The van der Waals surface area contributed by atoms with E-state index in [4.69, 9.17) is 18.9 Å². The number of aliphatic hydroxyl groups excluding tert-OH is 2. The molecular weight excluding hydrogens is 484 g/mol. The lowest BCUT2D eigenvalue weighted by molar-refractivity contribution is -0.135. The maximum atomic E-state index is 13.2. The van der Waals surface area contributed by atoms with Crippen LogP contribution in [-0.4, -0.2) is 86.6 Å². The molecule has 206 valence electrons. The molecule has 0 bridgehead atoms. The van der Waals surface area contributed by atoms with Crippen LogP contribution in [0, 0.1) is 11.8 Å². The zero-order valence-corrected chi connectivity index (χ0v) is 22.1. The molecule has 1 saturated heterocycles. The summed E-state index contributed by atoms with van der Waals surface area (Å²) in [4.78, 5) is 39.0. The molecule has 4 atom stereocenters. The molecule has 1 fully saturated rings. The molecule has 0 radical (unpaired) electrons. The van der Waals surface area contributed by atoms with E-state index in [1.165, 1.54) is 14.2 Å². The summed E-state index contributed by atoms with van der Waals surface area (Å²) in [6.07, 6.45) is 1.80. The molecule has 1 heterocycles. The predicted molar refractivity (Wildman–Crippen MR) is 133 cm³/mol. The predicted octanol–water partition coefficient (Wildman–Crippen LogP) is 0.156. The quantitative estimate of drug-likeness (QED) is 0.265. The average molecular weight is 523 g/mol. The standard InChI is InChI=1S/C26H38N2O9/c1-14(2)8-18(23(31)26(12-30)13-37-26)27-25(33)19(11-29)28-24(32)16-7-6-15-10-20(34-3)22(36-5)21(35-4)17(15)9-16/h10,14,16,18-19,29-30H,6-9,11-13H2,1-5H3,(H,27,33)(H,28,32)/t16-,18+,19+,26-/m1/s1. The molecule has 37 heavy (non-hydrogen) atoms. The number of hydrogen-bond donors (Lipinski definition) is 4. The third-order valence-electron chi connectivity index (χ3n) is 6.96. The van der Waals surface area contributed by atoms with E-state index in [0.717, 1.165) is 11.1 Å². The fourth-order valence-electron chi connectivity index (χ4n) is 4.79. The first-order valence-corrected chi connectivity index (χ1v) is 12.5. The minimum Gasteiger partial charge on any atom is -0.493 e. The van der Waals surface area contributed by atoms with Crippen molar-refractivity contribution in [3.8, 4) is 17.2 Å². The van der Waals surface area contributed by atoms with Crippen LogP contribution in [0.2, 0.25) is 0 Å². The van der Waals surface area contributed by atoms with Gasteiger partial charge in [-0.1, -0.05) is 13.8 Å². The highest BCUT2D eigenvalue weighted by molar-refractivity contribution is 5.98. The molecule has 11 heteroatoms. The van der Waals surface area contributed by atoms with Crippen LogP contribution in [0.3, 0.4) is 0 Å². The zero-order valence-electron chi connectivity index (χ0n) is 22.1. The summed E-state index contributed by atoms with van der Waals surface area (Å²) < 4.78 is 21.6. The first-order chi connectivity index (χ1) is 17.6. The van der Waals surface area contributed by atoms with Crippen LogP contribution in [0.4, 0.5) is 0 Å². The SMILES string of the molecule is COc1cc2c(c(OC)c1OC)C[C@H](C(=O)N[C@@H](CO)C(=O)N[C@@H](CC(C)C)C(=O)[C@@]1(CO)CO1)CC2. The maximum absolute atomic E-state index is 13.2. The zero-order chi connectivity index (χ0) is 27.3. The summed E-state index contributed by atoms with van der Waals surface area (Å²) in [5.41, 5.74) is 0.534. The number of aliphatic hydroxyl groups is 2. The molecule has 1 aliphatic carbocycles. The number of ether oxygens (including phenoxy) is 4. The Kier molecular flexibility index (Phi) is 9.38. The van der Waals surface area contributed by atoms with Crippen molar-refractivity contribution in [2.24, 2.45) is 11.8 Å². The van der Waals surface area contributed by atoms with Gasteiger partial charge in [0.2, 0.25) is 17.6 Å². The Morgan fingerprint density at radius 3 is 2.27 bits per heavy atom. The summed E-state index contributed by atoms with van der Waals surface area (Å²) >= 11 is 0. The van der Waals surface area contributed by atoms with Crippen molar-refractivity contribution in [1.82, 2.24) is 10.6 Å². The monoisotopic (exact) mass is 522 g/mol. The Labute approximate surface area is 216 Å². The number of hydrogen-bond acceptors (Lipinski definition) is 9. The summed E-state index contributed by atoms with van der Waals surface area (Å²) in [7, 11) is 4.58. The molecule has 0 saturated carbocycles. The van der Waals surface area contributed by atoms with Crippen LogP contribution in [0.5, 0.6) is 17.2 Å².